The van der Waals surface area contributed by atoms with Crippen molar-refractivity contribution in [3.05, 3.63) is 60.2 Å². The van der Waals surface area contributed by atoms with Crippen LogP contribution >= 0.6 is 11.8 Å². The first-order chi connectivity index (χ1) is 11.6. The number of carbonyl (C=O) groups is 2. The predicted octanol–water partition coefficient (Wildman–Crippen LogP) is 3.24. The van der Waals surface area contributed by atoms with Gasteiger partial charge in [0.15, 0.2) is 5.17 Å². The molecule has 0 radical (unpaired) electrons. The van der Waals surface area contributed by atoms with Crippen LogP contribution in [0.3, 0.4) is 0 Å². The average molecular weight is 339 g/mol. The van der Waals surface area contributed by atoms with E-state index in [1.54, 1.807) is 0 Å². The Hall–Kier alpha value is -2.60. The summed E-state index contributed by atoms with van der Waals surface area (Å²) in [7, 11) is 0. The molecular formula is C18H17N3O2S. The summed E-state index contributed by atoms with van der Waals surface area (Å²) in [6.07, 6.45) is 0.109. The van der Waals surface area contributed by atoms with Crippen molar-refractivity contribution in [2.24, 2.45) is 4.99 Å². The van der Waals surface area contributed by atoms with E-state index < -0.39 is 5.25 Å². The minimum atomic E-state index is -0.460. The molecule has 2 amide bonds. The van der Waals surface area contributed by atoms with Gasteiger partial charge in [0.1, 0.15) is 5.25 Å². The lowest BCUT2D eigenvalue weighted by molar-refractivity contribution is -0.122. The SMILES string of the molecule is Cc1ccc(N=C2NC(=O)[C@@H](CC(=O)Nc3ccccc3)S2)cc1. The second kappa shape index (κ2) is 7.31. The predicted molar refractivity (Wildman–Crippen MR) is 97.5 cm³/mol. The van der Waals surface area contributed by atoms with Crippen molar-refractivity contribution in [3.63, 3.8) is 0 Å². The number of carbonyl (C=O) groups excluding carboxylic acids is 2. The number of hydrogen-bond acceptors (Lipinski definition) is 4. The fourth-order valence-electron chi connectivity index (χ4n) is 2.23. The highest BCUT2D eigenvalue weighted by Crippen LogP contribution is 2.25. The van der Waals surface area contributed by atoms with Crippen LogP contribution in [0.25, 0.3) is 0 Å². The third-order valence-corrected chi connectivity index (χ3v) is 4.55. The van der Waals surface area contributed by atoms with E-state index in [1.165, 1.54) is 11.8 Å². The van der Waals surface area contributed by atoms with Gasteiger partial charge in [0.05, 0.1) is 5.69 Å². The molecule has 0 aliphatic carbocycles. The van der Waals surface area contributed by atoms with E-state index in [1.807, 2.05) is 61.5 Å². The summed E-state index contributed by atoms with van der Waals surface area (Å²) in [5.74, 6) is -0.375. The number of nitrogens with zero attached hydrogens (tertiary/aromatic N) is 1. The Morgan fingerprint density at radius 2 is 1.88 bits per heavy atom. The molecule has 1 heterocycles. The second-order valence-corrected chi connectivity index (χ2v) is 6.66. The molecule has 6 heteroatoms. The largest absolute Gasteiger partial charge is 0.326 e. The van der Waals surface area contributed by atoms with Crippen LogP contribution in [0.15, 0.2) is 59.6 Å². The molecule has 24 heavy (non-hydrogen) atoms. The Morgan fingerprint density at radius 3 is 2.58 bits per heavy atom. The minimum absolute atomic E-state index is 0.109. The molecule has 0 saturated carbocycles. The van der Waals surface area contributed by atoms with E-state index in [-0.39, 0.29) is 18.2 Å². The molecule has 0 spiro atoms. The molecule has 1 saturated heterocycles. The molecule has 0 aromatic heterocycles. The molecule has 1 atom stereocenters. The molecule has 1 aliphatic rings. The first-order valence-corrected chi connectivity index (χ1v) is 8.46. The fraction of sp³-hybridized carbons (Fsp3) is 0.167. The molecule has 3 rings (SSSR count). The zero-order valence-corrected chi connectivity index (χ0v) is 14.0. The van der Waals surface area contributed by atoms with Gasteiger partial charge in [-0.05, 0) is 31.2 Å². The zero-order chi connectivity index (χ0) is 16.9. The highest BCUT2D eigenvalue weighted by molar-refractivity contribution is 8.15. The van der Waals surface area contributed by atoms with Gasteiger partial charge in [0, 0.05) is 12.1 Å². The second-order valence-electron chi connectivity index (χ2n) is 5.47. The summed E-state index contributed by atoms with van der Waals surface area (Å²) < 4.78 is 0. The van der Waals surface area contributed by atoms with Gasteiger partial charge in [0.25, 0.3) is 0 Å². The monoisotopic (exact) mass is 339 g/mol. The van der Waals surface area contributed by atoms with Gasteiger partial charge in [-0.2, -0.15) is 0 Å². The Balaban J connectivity index is 1.60. The standard InChI is InChI=1S/C18H17N3O2S/c1-12-7-9-14(10-8-12)20-18-21-17(23)15(24-18)11-16(22)19-13-5-3-2-4-6-13/h2-10,15H,11H2,1H3,(H,19,22)(H,20,21,23)/t15-/m1/s1. The fourth-order valence-corrected chi connectivity index (χ4v) is 3.22. The third kappa shape index (κ3) is 4.23. The van der Waals surface area contributed by atoms with E-state index >= 15 is 0 Å². The number of para-hydroxylation sites is 1. The van der Waals surface area contributed by atoms with Gasteiger partial charge in [-0.1, -0.05) is 47.7 Å². The minimum Gasteiger partial charge on any atom is -0.326 e. The molecule has 122 valence electrons. The molecule has 0 bridgehead atoms. The van der Waals surface area contributed by atoms with Gasteiger partial charge in [-0.3, -0.25) is 9.59 Å². The van der Waals surface area contributed by atoms with Crippen molar-refractivity contribution < 1.29 is 9.59 Å². The summed E-state index contributed by atoms with van der Waals surface area (Å²) in [6, 6.07) is 16.9. The summed E-state index contributed by atoms with van der Waals surface area (Å²) >= 11 is 1.29. The smallest absolute Gasteiger partial charge is 0.240 e. The first-order valence-electron chi connectivity index (χ1n) is 7.58. The van der Waals surface area contributed by atoms with Gasteiger partial charge in [-0.25, -0.2) is 4.99 Å². The number of hydrogen-bond donors (Lipinski definition) is 2. The number of benzene rings is 2. The number of nitrogens with one attached hydrogen (secondary N) is 2. The Morgan fingerprint density at radius 1 is 1.17 bits per heavy atom. The van der Waals surface area contributed by atoms with Gasteiger partial charge < -0.3 is 10.6 Å². The van der Waals surface area contributed by atoms with Crippen LogP contribution in [0, 0.1) is 6.92 Å². The molecule has 5 nitrogen and oxygen atoms in total. The number of rotatable bonds is 4. The van der Waals surface area contributed by atoms with E-state index in [0.717, 1.165) is 16.9 Å². The Bertz CT molecular complexity index is 773. The third-order valence-electron chi connectivity index (χ3n) is 3.47. The zero-order valence-electron chi connectivity index (χ0n) is 13.2. The van der Waals surface area contributed by atoms with Crippen LogP contribution in [-0.2, 0) is 9.59 Å². The molecule has 2 aromatic carbocycles. The maximum Gasteiger partial charge on any atom is 0.240 e. The molecule has 1 fully saturated rings. The average Bonchev–Trinajstić information content (AvgIpc) is 2.90. The van der Waals surface area contributed by atoms with Crippen LogP contribution in [0.5, 0.6) is 0 Å². The van der Waals surface area contributed by atoms with E-state index in [0.29, 0.717) is 5.17 Å². The van der Waals surface area contributed by atoms with Crippen molar-refractivity contribution in [2.45, 2.75) is 18.6 Å². The molecule has 2 N–H and O–H groups in total. The normalized spacial score (nSPS) is 18.5. The summed E-state index contributed by atoms with van der Waals surface area (Å²) in [6.45, 7) is 2.00. The lowest BCUT2D eigenvalue weighted by atomic mass is 10.2. The molecule has 0 unspecified atom stereocenters. The van der Waals surface area contributed by atoms with E-state index in [9.17, 15) is 9.59 Å². The van der Waals surface area contributed by atoms with Crippen molar-refractivity contribution in [3.8, 4) is 0 Å². The number of aliphatic imine (C=N–C) groups is 1. The lowest BCUT2D eigenvalue weighted by Gasteiger charge is -2.07. The summed E-state index contributed by atoms with van der Waals surface area (Å²) in [5, 5.41) is 5.59. The number of amides is 2. The highest BCUT2D eigenvalue weighted by atomic mass is 32.2. The van der Waals surface area contributed by atoms with Crippen LogP contribution < -0.4 is 10.6 Å². The Labute approximate surface area is 144 Å². The first kappa shape index (κ1) is 16.3. The molecule has 2 aromatic rings. The number of anilines is 1. The van der Waals surface area contributed by atoms with Gasteiger partial charge in [-0.15, -0.1) is 0 Å². The highest BCUT2D eigenvalue weighted by Gasteiger charge is 2.32. The number of aryl methyl sites for hydroxylation is 1. The van der Waals surface area contributed by atoms with Crippen molar-refractivity contribution in [1.29, 1.82) is 0 Å². The summed E-state index contributed by atoms with van der Waals surface area (Å²) in [5.41, 5.74) is 2.65. The van der Waals surface area contributed by atoms with Gasteiger partial charge >= 0.3 is 0 Å². The van der Waals surface area contributed by atoms with Crippen LogP contribution in [-0.4, -0.2) is 22.2 Å². The molecule has 1 aliphatic heterocycles. The van der Waals surface area contributed by atoms with Crippen molar-refractivity contribution >= 4 is 40.1 Å². The van der Waals surface area contributed by atoms with Crippen molar-refractivity contribution in [1.82, 2.24) is 5.32 Å². The maximum atomic E-state index is 12.1. The van der Waals surface area contributed by atoms with E-state index in [2.05, 4.69) is 15.6 Å². The number of thioether (sulfide) groups is 1. The van der Waals surface area contributed by atoms with Crippen LogP contribution in [0.2, 0.25) is 0 Å². The topological polar surface area (TPSA) is 70.6 Å². The Kier molecular flexibility index (Phi) is 4.96. The van der Waals surface area contributed by atoms with Crippen LogP contribution in [0.1, 0.15) is 12.0 Å². The van der Waals surface area contributed by atoms with Crippen LogP contribution in [0.4, 0.5) is 11.4 Å². The van der Waals surface area contributed by atoms with Crippen molar-refractivity contribution in [2.75, 3.05) is 5.32 Å². The number of amidine groups is 1. The summed E-state index contributed by atoms with van der Waals surface area (Å²) in [4.78, 5) is 28.5. The van der Waals surface area contributed by atoms with E-state index in [4.69, 9.17) is 0 Å². The quantitative estimate of drug-likeness (QED) is 0.898. The van der Waals surface area contributed by atoms with Gasteiger partial charge in [0.2, 0.25) is 11.8 Å². The molecular weight excluding hydrogens is 322 g/mol. The maximum absolute atomic E-state index is 12.1. The lowest BCUT2D eigenvalue weighted by Crippen LogP contribution is -2.28.